The Kier molecular flexibility index (Phi) is 7.14. The molecule has 2 aromatic carbocycles. The summed E-state index contributed by atoms with van der Waals surface area (Å²) in [6.07, 6.45) is 8.43. The number of carbonyl (C=O) groups excluding carboxylic acids is 1. The van der Waals surface area contributed by atoms with Crippen LogP contribution in [0.2, 0.25) is 0 Å². The summed E-state index contributed by atoms with van der Waals surface area (Å²) in [6.45, 7) is 5.80. The zero-order valence-corrected chi connectivity index (χ0v) is 21.7. The lowest BCUT2D eigenvalue weighted by atomic mass is 9.93. The highest BCUT2D eigenvalue weighted by molar-refractivity contribution is 5.80. The summed E-state index contributed by atoms with van der Waals surface area (Å²) in [5, 5.41) is 0. The third-order valence-corrected chi connectivity index (χ3v) is 8.76. The van der Waals surface area contributed by atoms with Gasteiger partial charge in [-0.15, -0.1) is 0 Å². The van der Waals surface area contributed by atoms with E-state index in [1.165, 1.54) is 38.2 Å². The number of amides is 1. The van der Waals surface area contributed by atoms with Crippen LogP contribution in [-0.2, 0) is 11.3 Å². The normalized spacial score (nSPS) is 20.6. The third kappa shape index (κ3) is 5.11. The third-order valence-electron chi connectivity index (χ3n) is 8.76. The Bertz CT molecular complexity index is 1220. The molecule has 1 saturated carbocycles. The van der Waals surface area contributed by atoms with Gasteiger partial charge in [0.2, 0.25) is 11.9 Å². The summed E-state index contributed by atoms with van der Waals surface area (Å²) < 4.78 is 16.6. The van der Waals surface area contributed by atoms with Gasteiger partial charge in [0.05, 0.1) is 17.6 Å². The van der Waals surface area contributed by atoms with Crippen molar-refractivity contribution in [2.75, 3.05) is 44.2 Å². The van der Waals surface area contributed by atoms with Gasteiger partial charge in [-0.25, -0.2) is 9.37 Å². The van der Waals surface area contributed by atoms with E-state index in [1.807, 2.05) is 30.3 Å². The number of fused-ring (bicyclic) bond motifs is 1. The predicted octanol–water partition coefficient (Wildman–Crippen LogP) is 4.92. The van der Waals surface area contributed by atoms with Crippen molar-refractivity contribution in [3.05, 3.63) is 59.9 Å². The number of hydrogen-bond donors (Lipinski definition) is 0. The Morgan fingerprint density at radius 1 is 0.838 bits per heavy atom. The smallest absolute Gasteiger partial charge is 0.225 e. The molecule has 3 aliphatic rings. The Morgan fingerprint density at radius 3 is 2.30 bits per heavy atom. The maximum atomic E-state index is 14.5. The minimum absolute atomic E-state index is 0.0851. The van der Waals surface area contributed by atoms with Crippen LogP contribution in [0, 0.1) is 11.7 Å². The topological polar surface area (TPSA) is 44.6 Å². The van der Waals surface area contributed by atoms with Gasteiger partial charge < -0.3 is 14.4 Å². The fourth-order valence-corrected chi connectivity index (χ4v) is 6.60. The van der Waals surface area contributed by atoms with E-state index in [0.29, 0.717) is 18.0 Å². The van der Waals surface area contributed by atoms with Crippen LogP contribution in [0.1, 0.15) is 50.5 Å². The number of anilines is 1. The van der Waals surface area contributed by atoms with Crippen LogP contribution in [0.15, 0.2) is 48.5 Å². The SMILES string of the molecule is O=C(C1CCN(c2nc3ccccc3n2Cc2ccccc2F)CC1)N1CCN(C2CCCCC2)CC1. The van der Waals surface area contributed by atoms with Gasteiger partial charge in [-0.1, -0.05) is 49.6 Å². The zero-order valence-electron chi connectivity index (χ0n) is 21.7. The molecule has 3 aromatic rings. The number of para-hydroxylation sites is 2. The number of aromatic nitrogens is 2. The second-order valence-electron chi connectivity index (χ2n) is 11.0. The van der Waals surface area contributed by atoms with E-state index in [1.54, 1.807) is 6.07 Å². The highest BCUT2D eigenvalue weighted by Gasteiger charge is 2.33. The molecule has 7 heteroatoms. The van der Waals surface area contributed by atoms with Crippen molar-refractivity contribution in [2.45, 2.75) is 57.5 Å². The molecule has 3 fully saturated rings. The molecule has 2 saturated heterocycles. The molecule has 0 unspecified atom stereocenters. The highest BCUT2D eigenvalue weighted by atomic mass is 19.1. The Balaban J connectivity index is 1.11. The first-order valence-corrected chi connectivity index (χ1v) is 14.1. The van der Waals surface area contributed by atoms with Crippen molar-refractivity contribution in [3.8, 4) is 0 Å². The quantitative estimate of drug-likeness (QED) is 0.496. The van der Waals surface area contributed by atoms with Crippen molar-refractivity contribution in [2.24, 2.45) is 5.92 Å². The van der Waals surface area contributed by atoms with Crippen molar-refractivity contribution < 1.29 is 9.18 Å². The number of carbonyl (C=O) groups is 1. The summed E-state index contributed by atoms with van der Waals surface area (Å²) in [4.78, 5) is 25.4. The molecule has 6 nitrogen and oxygen atoms in total. The number of imidazole rings is 1. The summed E-state index contributed by atoms with van der Waals surface area (Å²) in [5.74, 6) is 1.10. The molecule has 0 radical (unpaired) electrons. The first-order chi connectivity index (χ1) is 18.2. The van der Waals surface area contributed by atoms with Crippen LogP contribution in [0.4, 0.5) is 10.3 Å². The number of nitrogens with zero attached hydrogens (tertiary/aromatic N) is 5. The minimum Gasteiger partial charge on any atom is -0.342 e. The van der Waals surface area contributed by atoms with Crippen molar-refractivity contribution in [3.63, 3.8) is 0 Å². The lowest BCUT2D eigenvalue weighted by molar-refractivity contribution is -0.138. The van der Waals surface area contributed by atoms with E-state index >= 15 is 0 Å². The van der Waals surface area contributed by atoms with Crippen LogP contribution in [0.25, 0.3) is 11.0 Å². The summed E-state index contributed by atoms with van der Waals surface area (Å²) in [6, 6.07) is 15.8. The van der Waals surface area contributed by atoms with Gasteiger partial charge in [0, 0.05) is 56.8 Å². The van der Waals surface area contributed by atoms with E-state index in [-0.39, 0.29) is 11.7 Å². The highest BCUT2D eigenvalue weighted by Crippen LogP contribution is 2.30. The second-order valence-corrected chi connectivity index (χ2v) is 11.0. The van der Waals surface area contributed by atoms with Gasteiger partial charge in [0.15, 0.2) is 0 Å². The Morgan fingerprint density at radius 2 is 1.54 bits per heavy atom. The predicted molar refractivity (Wildman–Crippen MR) is 145 cm³/mol. The molecule has 37 heavy (non-hydrogen) atoms. The number of rotatable bonds is 5. The Labute approximate surface area is 219 Å². The molecule has 0 atom stereocenters. The van der Waals surface area contributed by atoms with E-state index in [4.69, 9.17) is 4.98 Å². The van der Waals surface area contributed by atoms with Crippen molar-refractivity contribution in [1.29, 1.82) is 0 Å². The largest absolute Gasteiger partial charge is 0.342 e. The minimum atomic E-state index is -0.195. The molecule has 1 amide bonds. The number of halogens is 1. The van der Waals surface area contributed by atoms with E-state index in [9.17, 15) is 9.18 Å². The molecular weight excluding hydrogens is 465 g/mol. The van der Waals surface area contributed by atoms with Crippen LogP contribution in [0.5, 0.6) is 0 Å². The number of hydrogen-bond acceptors (Lipinski definition) is 4. The first-order valence-electron chi connectivity index (χ1n) is 14.1. The molecule has 0 bridgehead atoms. The molecule has 0 spiro atoms. The van der Waals surface area contributed by atoms with Gasteiger partial charge in [-0.3, -0.25) is 9.69 Å². The molecule has 2 aliphatic heterocycles. The number of piperidine rings is 1. The van der Waals surface area contributed by atoms with Gasteiger partial charge >= 0.3 is 0 Å². The van der Waals surface area contributed by atoms with Crippen molar-refractivity contribution in [1.82, 2.24) is 19.4 Å². The lowest BCUT2D eigenvalue weighted by Gasteiger charge is -2.42. The monoisotopic (exact) mass is 503 g/mol. The van der Waals surface area contributed by atoms with E-state index in [0.717, 1.165) is 75.1 Å². The molecule has 0 N–H and O–H groups in total. The van der Waals surface area contributed by atoms with Crippen LogP contribution in [-0.4, -0.2) is 70.6 Å². The standard InChI is InChI=1S/C30H38FN5O/c31-26-11-5-4-8-24(26)22-36-28-13-7-6-12-27(28)32-30(36)35-16-14-23(15-17-35)29(37)34-20-18-33(19-21-34)25-9-2-1-3-10-25/h4-8,11-13,23,25H,1-3,9-10,14-22H2. The molecule has 196 valence electrons. The van der Waals surface area contributed by atoms with Crippen LogP contribution >= 0.6 is 0 Å². The van der Waals surface area contributed by atoms with Gasteiger partial charge in [-0.2, -0.15) is 0 Å². The maximum absolute atomic E-state index is 14.5. The number of benzene rings is 2. The lowest BCUT2D eigenvalue weighted by Crippen LogP contribution is -2.54. The average Bonchev–Trinajstić information content (AvgIpc) is 3.33. The molecule has 1 aliphatic carbocycles. The number of piperazine rings is 1. The van der Waals surface area contributed by atoms with Gasteiger partial charge in [0.1, 0.15) is 5.82 Å². The fourth-order valence-electron chi connectivity index (χ4n) is 6.60. The maximum Gasteiger partial charge on any atom is 0.225 e. The Hall–Kier alpha value is -2.93. The van der Waals surface area contributed by atoms with Gasteiger partial charge in [-0.05, 0) is 43.9 Å². The first kappa shape index (κ1) is 24.4. The zero-order chi connectivity index (χ0) is 25.2. The van der Waals surface area contributed by atoms with Crippen LogP contribution < -0.4 is 4.90 Å². The average molecular weight is 504 g/mol. The van der Waals surface area contributed by atoms with Crippen molar-refractivity contribution >= 4 is 22.9 Å². The van der Waals surface area contributed by atoms with E-state index in [2.05, 4.69) is 25.3 Å². The summed E-state index contributed by atoms with van der Waals surface area (Å²) >= 11 is 0. The van der Waals surface area contributed by atoms with Gasteiger partial charge in [0.25, 0.3) is 0 Å². The van der Waals surface area contributed by atoms with Crippen LogP contribution in [0.3, 0.4) is 0 Å². The fraction of sp³-hybridized carbons (Fsp3) is 0.533. The summed E-state index contributed by atoms with van der Waals surface area (Å²) in [7, 11) is 0. The molecular formula is C30H38FN5O. The molecule has 6 rings (SSSR count). The molecule has 1 aromatic heterocycles. The molecule has 3 heterocycles. The van der Waals surface area contributed by atoms with E-state index < -0.39 is 0 Å². The second kappa shape index (κ2) is 10.8. The summed E-state index contributed by atoms with van der Waals surface area (Å²) in [5.41, 5.74) is 2.59.